The van der Waals surface area contributed by atoms with Gasteiger partial charge in [0.25, 0.3) is 0 Å². The van der Waals surface area contributed by atoms with Crippen molar-refractivity contribution in [3.05, 3.63) is 76.6 Å². The summed E-state index contributed by atoms with van der Waals surface area (Å²) in [4.78, 5) is 21.8. The van der Waals surface area contributed by atoms with E-state index in [4.69, 9.17) is 15.7 Å². The first-order valence-electron chi connectivity index (χ1n) is 11.4. The first kappa shape index (κ1) is 22.1. The van der Waals surface area contributed by atoms with E-state index in [1.165, 1.54) is 0 Å². The summed E-state index contributed by atoms with van der Waals surface area (Å²) < 4.78 is 1.96. The molecule has 0 aliphatic heterocycles. The first-order valence-corrected chi connectivity index (χ1v) is 11.4. The molecule has 4 aromatic rings. The van der Waals surface area contributed by atoms with Crippen molar-refractivity contribution in [3.8, 4) is 5.95 Å². The SMILES string of the molecule is Cc1cc2c(C(N)=O)cccc2n1-c1nc2c(c(NCc3cccc(B(O)O)c3)n1)CCCC2. The summed E-state index contributed by atoms with van der Waals surface area (Å²) in [7, 11) is -1.51. The lowest BCUT2D eigenvalue weighted by Crippen LogP contribution is -2.30. The van der Waals surface area contributed by atoms with Crippen molar-refractivity contribution < 1.29 is 14.8 Å². The molecule has 0 unspecified atom stereocenters. The Balaban J connectivity index is 1.57. The minimum absolute atomic E-state index is 0.449. The molecular formula is C25H26BN5O3. The number of aromatic nitrogens is 3. The Hall–Kier alpha value is -3.69. The summed E-state index contributed by atoms with van der Waals surface area (Å²) in [6, 6.07) is 14.6. The number of nitrogens with zero attached hydrogens (tertiary/aromatic N) is 3. The van der Waals surface area contributed by atoms with Crippen LogP contribution in [0.15, 0.2) is 48.5 Å². The molecule has 2 heterocycles. The largest absolute Gasteiger partial charge is 0.488 e. The van der Waals surface area contributed by atoms with Crippen LogP contribution in [-0.2, 0) is 19.4 Å². The van der Waals surface area contributed by atoms with Crippen molar-refractivity contribution in [2.24, 2.45) is 5.73 Å². The van der Waals surface area contributed by atoms with E-state index >= 15 is 0 Å². The van der Waals surface area contributed by atoms with E-state index in [1.807, 2.05) is 35.8 Å². The van der Waals surface area contributed by atoms with E-state index in [1.54, 1.807) is 24.3 Å². The predicted octanol–water partition coefficient (Wildman–Crippen LogP) is 2.00. The minimum Gasteiger partial charge on any atom is -0.423 e. The lowest BCUT2D eigenvalue weighted by atomic mass is 9.79. The maximum absolute atomic E-state index is 11.9. The van der Waals surface area contributed by atoms with Crippen LogP contribution >= 0.6 is 0 Å². The van der Waals surface area contributed by atoms with Gasteiger partial charge in [-0.25, -0.2) is 4.98 Å². The highest BCUT2D eigenvalue weighted by atomic mass is 16.4. The number of fused-ring (bicyclic) bond motifs is 2. The summed E-state index contributed by atoms with van der Waals surface area (Å²) in [5.41, 5.74) is 11.3. The molecule has 1 amide bonds. The predicted molar refractivity (Wildman–Crippen MR) is 132 cm³/mol. The number of aryl methyl sites for hydroxylation is 2. The Bertz CT molecular complexity index is 1400. The molecule has 34 heavy (non-hydrogen) atoms. The second-order valence-corrected chi connectivity index (χ2v) is 8.70. The molecule has 2 aromatic carbocycles. The molecule has 0 spiro atoms. The van der Waals surface area contributed by atoms with Crippen LogP contribution < -0.4 is 16.5 Å². The van der Waals surface area contributed by atoms with E-state index in [-0.39, 0.29) is 0 Å². The topological polar surface area (TPSA) is 126 Å². The maximum atomic E-state index is 11.9. The van der Waals surface area contributed by atoms with Gasteiger partial charge >= 0.3 is 7.12 Å². The zero-order valence-electron chi connectivity index (χ0n) is 19.0. The van der Waals surface area contributed by atoms with Crippen molar-refractivity contribution >= 4 is 35.2 Å². The number of nitrogens with two attached hydrogens (primary N) is 1. The lowest BCUT2D eigenvalue weighted by Gasteiger charge is -2.21. The minimum atomic E-state index is -1.51. The number of primary amides is 1. The number of carbonyl (C=O) groups is 1. The number of benzene rings is 2. The van der Waals surface area contributed by atoms with E-state index in [2.05, 4.69) is 5.32 Å². The van der Waals surface area contributed by atoms with E-state index in [0.29, 0.717) is 23.5 Å². The van der Waals surface area contributed by atoms with Gasteiger partial charge in [-0.3, -0.25) is 9.36 Å². The number of nitrogens with one attached hydrogen (secondary N) is 1. The quantitative estimate of drug-likeness (QED) is 0.330. The van der Waals surface area contributed by atoms with E-state index in [9.17, 15) is 14.8 Å². The molecule has 0 saturated heterocycles. The summed E-state index contributed by atoms with van der Waals surface area (Å²) in [6.07, 6.45) is 3.96. The first-order chi connectivity index (χ1) is 16.4. The van der Waals surface area contributed by atoms with Crippen LogP contribution in [0.5, 0.6) is 0 Å². The monoisotopic (exact) mass is 455 g/mol. The van der Waals surface area contributed by atoms with Crippen molar-refractivity contribution in [1.29, 1.82) is 0 Å². The second-order valence-electron chi connectivity index (χ2n) is 8.70. The zero-order chi connectivity index (χ0) is 23.8. The van der Waals surface area contributed by atoms with Gasteiger partial charge in [0.15, 0.2) is 0 Å². The fourth-order valence-electron chi connectivity index (χ4n) is 4.72. The van der Waals surface area contributed by atoms with Gasteiger partial charge in [0.2, 0.25) is 11.9 Å². The Labute approximate surface area is 197 Å². The van der Waals surface area contributed by atoms with Gasteiger partial charge in [-0.05, 0) is 61.8 Å². The van der Waals surface area contributed by atoms with Crippen LogP contribution in [-0.4, -0.2) is 37.6 Å². The van der Waals surface area contributed by atoms with Crippen LogP contribution in [0.2, 0.25) is 0 Å². The van der Waals surface area contributed by atoms with Gasteiger partial charge in [-0.2, -0.15) is 4.98 Å². The van der Waals surface area contributed by atoms with Crippen molar-refractivity contribution in [2.75, 3.05) is 5.32 Å². The molecule has 2 aromatic heterocycles. The highest BCUT2D eigenvalue weighted by Crippen LogP contribution is 2.30. The third-order valence-electron chi connectivity index (χ3n) is 6.38. The molecule has 5 rings (SSSR count). The average molecular weight is 455 g/mol. The molecule has 172 valence electrons. The summed E-state index contributed by atoms with van der Waals surface area (Å²) >= 11 is 0. The van der Waals surface area contributed by atoms with Gasteiger partial charge in [0.1, 0.15) is 5.82 Å². The highest BCUT2D eigenvalue weighted by molar-refractivity contribution is 6.58. The molecule has 0 saturated carbocycles. The number of hydrogen-bond acceptors (Lipinski definition) is 6. The Morgan fingerprint density at radius 2 is 1.91 bits per heavy atom. The number of anilines is 1. The molecule has 0 atom stereocenters. The summed E-state index contributed by atoms with van der Waals surface area (Å²) in [5, 5.41) is 23.2. The fourth-order valence-corrected chi connectivity index (χ4v) is 4.72. The van der Waals surface area contributed by atoms with Crippen molar-refractivity contribution in [1.82, 2.24) is 14.5 Å². The zero-order valence-corrected chi connectivity index (χ0v) is 19.0. The molecule has 1 aliphatic rings. The number of carbonyl (C=O) groups excluding carboxylic acids is 1. The number of rotatable bonds is 6. The molecule has 5 N–H and O–H groups in total. The van der Waals surface area contributed by atoms with Crippen molar-refractivity contribution in [2.45, 2.75) is 39.2 Å². The van der Waals surface area contributed by atoms with Gasteiger partial charge < -0.3 is 21.1 Å². The standard InChI is InChI=1S/C25H26BN5O3/c1-15-12-20-18(23(27)32)9-5-11-22(20)31(15)25-29-21-10-3-2-8-19(21)24(30-25)28-14-16-6-4-7-17(13-16)26(33)34/h4-7,9,11-13,33-34H,2-3,8,10,14H2,1H3,(H2,27,32)(H,28,29,30). The molecule has 1 aliphatic carbocycles. The Morgan fingerprint density at radius 3 is 2.71 bits per heavy atom. The van der Waals surface area contributed by atoms with Crippen LogP contribution in [0.25, 0.3) is 16.9 Å². The van der Waals surface area contributed by atoms with Gasteiger partial charge in [0, 0.05) is 28.8 Å². The summed E-state index contributed by atoms with van der Waals surface area (Å²) in [5.74, 6) is 0.866. The Morgan fingerprint density at radius 1 is 1.12 bits per heavy atom. The number of hydrogen-bond donors (Lipinski definition) is 4. The highest BCUT2D eigenvalue weighted by Gasteiger charge is 2.21. The molecule has 9 heteroatoms. The Kier molecular flexibility index (Phi) is 5.81. The molecular weight excluding hydrogens is 429 g/mol. The van der Waals surface area contributed by atoms with E-state index < -0.39 is 13.0 Å². The van der Waals surface area contributed by atoms with Gasteiger partial charge in [-0.1, -0.05) is 30.3 Å². The van der Waals surface area contributed by atoms with Gasteiger partial charge in [-0.15, -0.1) is 0 Å². The maximum Gasteiger partial charge on any atom is 0.488 e. The smallest absolute Gasteiger partial charge is 0.423 e. The molecule has 0 fully saturated rings. The second kappa shape index (κ2) is 8.93. The van der Waals surface area contributed by atoms with Crippen molar-refractivity contribution in [3.63, 3.8) is 0 Å². The molecule has 0 bridgehead atoms. The molecule has 0 radical (unpaired) electrons. The van der Waals surface area contributed by atoms with Gasteiger partial charge in [0.05, 0.1) is 11.2 Å². The van der Waals surface area contributed by atoms with Crippen LogP contribution in [0.3, 0.4) is 0 Å². The molecule has 8 nitrogen and oxygen atoms in total. The van der Waals surface area contributed by atoms with Crippen LogP contribution in [0.1, 0.15) is 45.7 Å². The van der Waals surface area contributed by atoms with Crippen LogP contribution in [0, 0.1) is 6.92 Å². The van der Waals surface area contributed by atoms with E-state index in [0.717, 1.165) is 64.9 Å². The third kappa shape index (κ3) is 4.04. The normalized spacial score (nSPS) is 13.0. The number of amides is 1. The summed E-state index contributed by atoms with van der Waals surface area (Å²) in [6.45, 7) is 2.45. The average Bonchev–Trinajstić information content (AvgIpc) is 3.18. The third-order valence-corrected chi connectivity index (χ3v) is 6.38. The lowest BCUT2D eigenvalue weighted by molar-refractivity contribution is 0.100. The fraction of sp³-hybridized carbons (Fsp3) is 0.240. The van der Waals surface area contributed by atoms with Crippen LogP contribution in [0.4, 0.5) is 5.82 Å².